The summed E-state index contributed by atoms with van der Waals surface area (Å²) in [4.78, 5) is 9.32. The van der Waals surface area contributed by atoms with Crippen LogP contribution in [0.15, 0.2) is 53.5 Å². The highest BCUT2D eigenvalue weighted by atomic mass is 15.4. The average Bonchev–Trinajstić information content (AvgIpc) is 2.90. The third kappa shape index (κ3) is 2.03. The van der Waals surface area contributed by atoms with Crippen molar-refractivity contribution in [2.24, 2.45) is 4.99 Å². The van der Waals surface area contributed by atoms with E-state index in [1.807, 2.05) is 24.3 Å². The number of hydrogen-bond donors (Lipinski definition) is 0. The zero-order valence-electron chi connectivity index (χ0n) is 12.2. The molecule has 2 aromatic carbocycles. The van der Waals surface area contributed by atoms with Gasteiger partial charge in [-0.2, -0.15) is 5.26 Å². The van der Waals surface area contributed by atoms with E-state index in [0.717, 1.165) is 32.0 Å². The molecular weight excluding hydrogens is 272 g/mol. The normalized spacial score (nSPS) is 15.9. The predicted octanol–water partition coefficient (Wildman–Crippen LogP) is 3.14. The zero-order chi connectivity index (χ0) is 14.9. The first-order valence-corrected chi connectivity index (χ1v) is 7.54. The summed E-state index contributed by atoms with van der Waals surface area (Å²) in [5, 5.41) is 8.91. The number of guanidine groups is 1. The molecule has 0 radical (unpaired) electrons. The summed E-state index contributed by atoms with van der Waals surface area (Å²) in [5.41, 5.74) is 4.34. The van der Waals surface area contributed by atoms with Crippen LogP contribution in [0.1, 0.15) is 17.5 Å². The van der Waals surface area contributed by atoms with Gasteiger partial charge in [0.05, 0.1) is 29.6 Å². The van der Waals surface area contributed by atoms with E-state index in [2.05, 4.69) is 40.1 Å². The number of anilines is 2. The van der Waals surface area contributed by atoms with Crippen molar-refractivity contribution in [3.8, 4) is 6.07 Å². The Morgan fingerprint density at radius 2 is 1.82 bits per heavy atom. The minimum absolute atomic E-state index is 0.696. The first-order chi connectivity index (χ1) is 10.9. The molecule has 0 atom stereocenters. The molecule has 4 heteroatoms. The molecule has 0 saturated carbocycles. The van der Waals surface area contributed by atoms with Gasteiger partial charge in [-0.1, -0.05) is 24.3 Å². The monoisotopic (exact) mass is 288 g/mol. The van der Waals surface area contributed by atoms with Crippen molar-refractivity contribution in [2.75, 3.05) is 22.9 Å². The van der Waals surface area contributed by atoms with Gasteiger partial charge in [0.25, 0.3) is 0 Å². The Bertz CT molecular complexity index is 770. The number of hydrogen-bond acceptors (Lipinski definition) is 4. The third-order valence-electron chi connectivity index (χ3n) is 4.16. The van der Waals surface area contributed by atoms with Gasteiger partial charge in [-0.3, -0.25) is 4.99 Å². The molecule has 22 heavy (non-hydrogen) atoms. The summed E-state index contributed by atoms with van der Waals surface area (Å²) in [6, 6.07) is 18.4. The highest BCUT2D eigenvalue weighted by Crippen LogP contribution is 2.38. The van der Waals surface area contributed by atoms with Crippen LogP contribution in [0.25, 0.3) is 0 Å². The molecule has 0 aliphatic carbocycles. The Morgan fingerprint density at radius 3 is 2.59 bits per heavy atom. The van der Waals surface area contributed by atoms with E-state index >= 15 is 0 Å². The Hall–Kier alpha value is -2.80. The van der Waals surface area contributed by atoms with Crippen molar-refractivity contribution in [1.29, 1.82) is 5.26 Å². The summed E-state index contributed by atoms with van der Waals surface area (Å²) in [5.74, 6) is 1.05. The van der Waals surface area contributed by atoms with Crippen molar-refractivity contribution in [2.45, 2.75) is 13.0 Å². The largest absolute Gasteiger partial charge is 0.310 e. The average molecular weight is 288 g/mol. The number of nitrogens with zero attached hydrogens (tertiary/aromatic N) is 4. The predicted molar refractivity (Wildman–Crippen MR) is 88.0 cm³/mol. The van der Waals surface area contributed by atoms with Crippen LogP contribution < -0.4 is 9.80 Å². The first kappa shape index (κ1) is 12.9. The van der Waals surface area contributed by atoms with E-state index < -0.39 is 0 Å². The standard InChI is InChI=1S/C18H16N4/c19-12-14-6-8-15(9-7-14)13-22-17-5-2-1-4-16(17)21-11-3-10-20-18(21)22/h1-2,4-9H,3,10-11,13H2. The molecule has 0 fully saturated rings. The van der Waals surface area contributed by atoms with Gasteiger partial charge in [0.2, 0.25) is 5.96 Å². The number of nitriles is 1. The highest BCUT2D eigenvalue weighted by Gasteiger charge is 2.33. The third-order valence-corrected chi connectivity index (χ3v) is 4.16. The second kappa shape index (κ2) is 5.19. The summed E-state index contributed by atoms with van der Waals surface area (Å²) in [6.45, 7) is 2.70. The zero-order valence-corrected chi connectivity index (χ0v) is 12.2. The van der Waals surface area contributed by atoms with Crippen LogP contribution in [0.4, 0.5) is 11.4 Å². The molecule has 2 heterocycles. The van der Waals surface area contributed by atoms with Crippen LogP contribution >= 0.6 is 0 Å². The molecular formula is C18H16N4. The van der Waals surface area contributed by atoms with Gasteiger partial charge in [-0.15, -0.1) is 0 Å². The van der Waals surface area contributed by atoms with E-state index in [-0.39, 0.29) is 0 Å². The lowest BCUT2D eigenvalue weighted by atomic mass is 10.1. The number of aliphatic imine (C=N–C) groups is 1. The van der Waals surface area contributed by atoms with Gasteiger partial charge >= 0.3 is 0 Å². The van der Waals surface area contributed by atoms with Gasteiger partial charge in [-0.25, -0.2) is 0 Å². The van der Waals surface area contributed by atoms with E-state index in [4.69, 9.17) is 10.3 Å². The van der Waals surface area contributed by atoms with Crippen LogP contribution in [0, 0.1) is 11.3 Å². The lowest BCUT2D eigenvalue weighted by Gasteiger charge is -2.26. The SMILES string of the molecule is N#Cc1ccc(CN2C3=NCCCN3c3ccccc32)cc1. The summed E-state index contributed by atoms with van der Waals surface area (Å²) >= 11 is 0. The van der Waals surface area contributed by atoms with Crippen molar-refractivity contribution in [3.63, 3.8) is 0 Å². The fourth-order valence-electron chi connectivity index (χ4n) is 3.10. The Labute approximate surface area is 129 Å². The Balaban J connectivity index is 1.70. The molecule has 0 bridgehead atoms. The first-order valence-electron chi connectivity index (χ1n) is 7.54. The minimum atomic E-state index is 0.696. The molecule has 0 spiro atoms. The van der Waals surface area contributed by atoms with Gasteiger partial charge < -0.3 is 9.80 Å². The van der Waals surface area contributed by atoms with E-state index in [9.17, 15) is 0 Å². The molecule has 2 aliphatic heterocycles. The summed E-state index contributed by atoms with van der Waals surface area (Å²) < 4.78 is 0. The molecule has 0 saturated heterocycles. The summed E-state index contributed by atoms with van der Waals surface area (Å²) in [6.07, 6.45) is 1.10. The van der Waals surface area contributed by atoms with Gasteiger partial charge in [0.15, 0.2) is 0 Å². The molecule has 4 rings (SSSR count). The van der Waals surface area contributed by atoms with E-state index in [0.29, 0.717) is 5.56 Å². The topological polar surface area (TPSA) is 42.6 Å². The second-order valence-electron chi connectivity index (χ2n) is 5.57. The Kier molecular flexibility index (Phi) is 3.05. The molecule has 2 aromatic rings. The molecule has 0 aromatic heterocycles. The highest BCUT2D eigenvalue weighted by molar-refractivity contribution is 6.16. The maximum atomic E-state index is 8.91. The molecule has 2 aliphatic rings. The minimum Gasteiger partial charge on any atom is -0.310 e. The van der Waals surface area contributed by atoms with E-state index in [1.54, 1.807) is 0 Å². The van der Waals surface area contributed by atoms with Crippen molar-refractivity contribution >= 4 is 17.3 Å². The van der Waals surface area contributed by atoms with Crippen molar-refractivity contribution < 1.29 is 0 Å². The smallest absolute Gasteiger partial charge is 0.206 e. The lowest BCUT2D eigenvalue weighted by molar-refractivity contribution is 0.784. The number of rotatable bonds is 2. The molecule has 0 N–H and O–H groups in total. The molecule has 4 nitrogen and oxygen atoms in total. The maximum absolute atomic E-state index is 8.91. The van der Waals surface area contributed by atoms with Crippen LogP contribution in [-0.4, -0.2) is 19.0 Å². The van der Waals surface area contributed by atoms with Crippen LogP contribution in [-0.2, 0) is 6.54 Å². The van der Waals surface area contributed by atoms with Crippen LogP contribution in [0.2, 0.25) is 0 Å². The van der Waals surface area contributed by atoms with Gasteiger partial charge in [0.1, 0.15) is 0 Å². The lowest BCUT2D eigenvalue weighted by Crippen LogP contribution is -2.41. The maximum Gasteiger partial charge on any atom is 0.206 e. The van der Waals surface area contributed by atoms with Crippen LogP contribution in [0.3, 0.4) is 0 Å². The summed E-state index contributed by atoms with van der Waals surface area (Å²) in [7, 11) is 0. The molecule has 0 amide bonds. The molecule has 0 unspecified atom stereocenters. The molecule has 108 valence electrons. The van der Waals surface area contributed by atoms with E-state index in [1.165, 1.54) is 16.9 Å². The Morgan fingerprint density at radius 1 is 1.05 bits per heavy atom. The number of fused-ring (bicyclic) bond motifs is 3. The second-order valence-corrected chi connectivity index (χ2v) is 5.57. The van der Waals surface area contributed by atoms with Gasteiger partial charge in [-0.05, 0) is 36.2 Å². The number of benzene rings is 2. The fraction of sp³-hybridized carbons (Fsp3) is 0.222. The van der Waals surface area contributed by atoms with Crippen molar-refractivity contribution in [3.05, 3.63) is 59.7 Å². The quantitative estimate of drug-likeness (QED) is 0.852. The number of para-hydroxylation sites is 2. The fourth-order valence-corrected chi connectivity index (χ4v) is 3.10. The van der Waals surface area contributed by atoms with Crippen molar-refractivity contribution in [1.82, 2.24) is 0 Å². The van der Waals surface area contributed by atoms with Gasteiger partial charge in [0, 0.05) is 13.1 Å². The van der Waals surface area contributed by atoms with Crippen LogP contribution in [0.5, 0.6) is 0 Å².